The molecule has 1 heterocycles. The number of aromatic nitrogens is 1. The Labute approximate surface area is 88.9 Å². The molecule has 1 aromatic carbocycles. The predicted octanol–water partition coefficient (Wildman–Crippen LogP) is 1.10. The standard InChI is InChI=1S/C10H11N2O2S/c1-11(2)15(13,14)12-8-7-9-5-3-4-6-10(9)12/h3-6,8H,1-2H3. The van der Waals surface area contributed by atoms with Crippen molar-refractivity contribution in [3.8, 4) is 0 Å². The molecule has 0 spiro atoms. The van der Waals surface area contributed by atoms with Gasteiger partial charge in [-0.05, 0) is 6.07 Å². The van der Waals surface area contributed by atoms with Crippen molar-refractivity contribution in [1.82, 2.24) is 8.28 Å². The average molecular weight is 223 g/mol. The summed E-state index contributed by atoms with van der Waals surface area (Å²) in [5.41, 5.74) is 0.645. The monoisotopic (exact) mass is 223 g/mol. The fourth-order valence-electron chi connectivity index (χ4n) is 1.35. The first-order valence-electron chi connectivity index (χ1n) is 4.44. The molecule has 0 amide bonds. The second kappa shape index (κ2) is 3.36. The van der Waals surface area contributed by atoms with Gasteiger partial charge in [0.1, 0.15) is 0 Å². The Bertz CT molecular complexity index is 584. The number of benzene rings is 1. The molecule has 0 aliphatic heterocycles. The summed E-state index contributed by atoms with van der Waals surface area (Å²) in [6.45, 7) is 0. The zero-order valence-corrected chi connectivity index (χ0v) is 9.32. The minimum Gasteiger partial charge on any atom is -0.232 e. The molecule has 0 atom stereocenters. The minimum absolute atomic E-state index is 0.645. The lowest BCUT2D eigenvalue weighted by atomic mass is 10.3. The Morgan fingerprint density at radius 1 is 1.27 bits per heavy atom. The molecule has 0 aliphatic rings. The van der Waals surface area contributed by atoms with Gasteiger partial charge in [-0.25, -0.2) is 3.97 Å². The number of rotatable bonds is 2. The second-order valence-corrected chi connectivity index (χ2v) is 5.40. The van der Waals surface area contributed by atoms with Crippen molar-refractivity contribution >= 4 is 21.1 Å². The number of hydrogen-bond donors (Lipinski definition) is 0. The molecule has 0 N–H and O–H groups in total. The molecule has 2 aromatic rings. The van der Waals surface area contributed by atoms with Crippen LogP contribution in [0.4, 0.5) is 0 Å². The molecule has 79 valence electrons. The molecule has 5 heteroatoms. The summed E-state index contributed by atoms with van der Waals surface area (Å²) in [5, 5.41) is 0.794. The molecule has 2 rings (SSSR count). The van der Waals surface area contributed by atoms with Crippen molar-refractivity contribution in [2.45, 2.75) is 0 Å². The Morgan fingerprint density at radius 3 is 2.60 bits per heavy atom. The Morgan fingerprint density at radius 2 is 1.93 bits per heavy atom. The molecule has 0 saturated heterocycles. The van der Waals surface area contributed by atoms with E-state index in [4.69, 9.17) is 0 Å². The highest BCUT2D eigenvalue weighted by molar-refractivity contribution is 7.87. The molecule has 15 heavy (non-hydrogen) atoms. The SMILES string of the molecule is CN(C)S(=O)(=O)n1c[c]c2ccccc21. The van der Waals surface area contributed by atoms with E-state index in [9.17, 15) is 8.42 Å². The van der Waals surface area contributed by atoms with E-state index in [0.717, 1.165) is 5.39 Å². The Kier molecular flexibility index (Phi) is 2.28. The van der Waals surface area contributed by atoms with Crippen LogP contribution >= 0.6 is 0 Å². The highest BCUT2D eigenvalue weighted by Gasteiger charge is 2.17. The number of para-hydroxylation sites is 1. The van der Waals surface area contributed by atoms with Crippen LogP contribution in [0.15, 0.2) is 30.5 Å². The lowest BCUT2D eigenvalue weighted by molar-refractivity contribution is 0.512. The lowest BCUT2D eigenvalue weighted by Gasteiger charge is -2.12. The maximum Gasteiger partial charge on any atom is 0.307 e. The zero-order valence-electron chi connectivity index (χ0n) is 8.51. The van der Waals surface area contributed by atoms with E-state index < -0.39 is 10.2 Å². The summed E-state index contributed by atoms with van der Waals surface area (Å²) >= 11 is 0. The van der Waals surface area contributed by atoms with Crippen LogP contribution < -0.4 is 0 Å². The summed E-state index contributed by atoms with van der Waals surface area (Å²) in [4.78, 5) is 0. The van der Waals surface area contributed by atoms with Gasteiger partial charge in [0.2, 0.25) is 0 Å². The van der Waals surface area contributed by atoms with Gasteiger partial charge in [0, 0.05) is 31.7 Å². The van der Waals surface area contributed by atoms with E-state index in [-0.39, 0.29) is 0 Å². The van der Waals surface area contributed by atoms with Gasteiger partial charge < -0.3 is 0 Å². The third-order valence-electron chi connectivity index (χ3n) is 2.19. The van der Waals surface area contributed by atoms with Crippen LogP contribution in [0.1, 0.15) is 0 Å². The first kappa shape index (κ1) is 10.2. The van der Waals surface area contributed by atoms with Gasteiger partial charge in [0.25, 0.3) is 0 Å². The lowest BCUT2D eigenvalue weighted by Crippen LogP contribution is -2.28. The van der Waals surface area contributed by atoms with Crippen LogP contribution in [0, 0.1) is 6.07 Å². The van der Waals surface area contributed by atoms with Gasteiger partial charge >= 0.3 is 10.2 Å². The summed E-state index contributed by atoms with van der Waals surface area (Å²) in [6.07, 6.45) is 1.44. The quantitative estimate of drug-likeness (QED) is 0.765. The zero-order chi connectivity index (χ0) is 11.1. The molecular weight excluding hydrogens is 212 g/mol. The van der Waals surface area contributed by atoms with E-state index in [2.05, 4.69) is 6.07 Å². The average Bonchev–Trinajstić information content (AvgIpc) is 2.61. The van der Waals surface area contributed by atoms with Gasteiger partial charge in [0.05, 0.1) is 5.52 Å². The first-order valence-corrected chi connectivity index (χ1v) is 5.84. The second-order valence-electron chi connectivity index (χ2n) is 3.38. The van der Waals surface area contributed by atoms with Gasteiger partial charge in [0.15, 0.2) is 0 Å². The van der Waals surface area contributed by atoms with Crippen molar-refractivity contribution in [2.24, 2.45) is 0 Å². The maximum absolute atomic E-state index is 11.9. The van der Waals surface area contributed by atoms with E-state index >= 15 is 0 Å². The maximum atomic E-state index is 11.9. The normalized spacial score (nSPS) is 12.5. The van der Waals surface area contributed by atoms with Gasteiger partial charge in [-0.3, -0.25) is 0 Å². The van der Waals surface area contributed by atoms with Crippen LogP contribution in [0.3, 0.4) is 0 Å². The minimum atomic E-state index is -3.44. The molecule has 0 bridgehead atoms. The molecule has 0 aliphatic carbocycles. The van der Waals surface area contributed by atoms with Crippen molar-refractivity contribution in [1.29, 1.82) is 0 Å². The molecule has 0 fully saturated rings. The van der Waals surface area contributed by atoms with Crippen molar-refractivity contribution < 1.29 is 8.42 Å². The molecular formula is C10H11N2O2S. The Hall–Kier alpha value is -1.33. The topological polar surface area (TPSA) is 42.3 Å². The summed E-state index contributed by atoms with van der Waals surface area (Å²) in [5.74, 6) is 0. The van der Waals surface area contributed by atoms with E-state index in [0.29, 0.717) is 5.52 Å². The number of hydrogen-bond acceptors (Lipinski definition) is 2. The van der Waals surface area contributed by atoms with Crippen LogP contribution in [-0.4, -0.2) is 30.8 Å². The number of fused-ring (bicyclic) bond motifs is 1. The van der Waals surface area contributed by atoms with E-state index in [1.165, 1.54) is 28.6 Å². The van der Waals surface area contributed by atoms with Crippen molar-refractivity contribution in [3.05, 3.63) is 36.5 Å². The fraction of sp³-hybridized carbons (Fsp3) is 0.200. The fourth-order valence-corrected chi connectivity index (χ4v) is 2.30. The summed E-state index contributed by atoms with van der Waals surface area (Å²) in [7, 11) is -0.433. The molecule has 4 nitrogen and oxygen atoms in total. The first-order chi connectivity index (χ1) is 7.03. The molecule has 1 aromatic heterocycles. The van der Waals surface area contributed by atoms with Gasteiger partial charge in [-0.15, -0.1) is 0 Å². The van der Waals surface area contributed by atoms with E-state index in [1.807, 2.05) is 12.1 Å². The summed E-state index contributed by atoms with van der Waals surface area (Å²) in [6, 6.07) is 10.1. The molecule has 0 saturated carbocycles. The highest BCUT2D eigenvalue weighted by atomic mass is 32.2. The predicted molar refractivity (Wildman–Crippen MR) is 58.8 cm³/mol. The third-order valence-corrected chi connectivity index (χ3v) is 3.91. The van der Waals surface area contributed by atoms with Gasteiger partial charge in [-0.2, -0.15) is 12.7 Å². The van der Waals surface area contributed by atoms with Crippen LogP contribution in [0.25, 0.3) is 10.9 Å². The van der Waals surface area contributed by atoms with E-state index in [1.54, 1.807) is 12.1 Å². The smallest absolute Gasteiger partial charge is 0.232 e. The third kappa shape index (κ3) is 1.53. The highest BCUT2D eigenvalue weighted by Crippen LogP contribution is 2.17. The van der Waals surface area contributed by atoms with Crippen LogP contribution in [0.5, 0.6) is 0 Å². The molecule has 1 radical (unpaired) electrons. The van der Waals surface area contributed by atoms with Crippen LogP contribution in [0.2, 0.25) is 0 Å². The van der Waals surface area contributed by atoms with Crippen LogP contribution in [-0.2, 0) is 10.2 Å². The largest absolute Gasteiger partial charge is 0.307 e. The molecule has 0 unspecified atom stereocenters. The van der Waals surface area contributed by atoms with Gasteiger partial charge in [-0.1, -0.05) is 18.2 Å². The Balaban J connectivity index is 2.74. The van der Waals surface area contributed by atoms with Crippen molar-refractivity contribution in [2.75, 3.05) is 14.1 Å². The summed E-state index contributed by atoms with van der Waals surface area (Å²) < 4.78 is 26.2. The number of nitrogens with zero attached hydrogens (tertiary/aromatic N) is 2. The van der Waals surface area contributed by atoms with Crippen molar-refractivity contribution in [3.63, 3.8) is 0 Å².